The smallest absolute Gasteiger partial charge is 0.287 e. The van der Waals surface area contributed by atoms with Crippen LogP contribution in [0.2, 0.25) is 5.02 Å². The Labute approximate surface area is 187 Å². The zero-order valence-electron chi connectivity index (χ0n) is 17.2. The van der Waals surface area contributed by atoms with E-state index in [9.17, 15) is 14.0 Å². The van der Waals surface area contributed by atoms with Crippen molar-refractivity contribution in [3.05, 3.63) is 59.1 Å². The average molecular weight is 459 g/mol. The summed E-state index contributed by atoms with van der Waals surface area (Å²) < 4.78 is 29.6. The summed E-state index contributed by atoms with van der Waals surface area (Å²) in [4.78, 5) is 24.9. The number of furan rings is 1. The minimum absolute atomic E-state index is 0.00890. The monoisotopic (exact) mass is 458 g/mol. The number of methoxy groups -OCH3 is 1. The van der Waals surface area contributed by atoms with E-state index in [1.165, 1.54) is 12.1 Å². The Morgan fingerprint density at radius 3 is 2.50 bits per heavy atom. The highest BCUT2D eigenvalue weighted by molar-refractivity contribution is 6.30. The molecular formula is C23H20ClFN2O5. The number of fused-ring (bicyclic) bond motifs is 1. The summed E-state index contributed by atoms with van der Waals surface area (Å²) in [5, 5.41) is 6.77. The number of hydrogen-bond acceptors (Lipinski definition) is 5. The van der Waals surface area contributed by atoms with Crippen LogP contribution in [0.5, 0.6) is 11.5 Å². The molecule has 3 fully saturated rings. The van der Waals surface area contributed by atoms with Crippen LogP contribution < -0.4 is 20.1 Å². The largest absolute Gasteiger partial charge is 0.497 e. The van der Waals surface area contributed by atoms with Gasteiger partial charge in [-0.25, -0.2) is 4.39 Å². The van der Waals surface area contributed by atoms with Crippen LogP contribution in [0.25, 0.3) is 11.0 Å². The first-order chi connectivity index (χ1) is 15.3. The van der Waals surface area contributed by atoms with Gasteiger partial charge in [0.1, 0.15) is 22.9 Å². The molecule has 1 aromatic heterocycles. The second-order valence-electron chi connectivity index (χ2n) is 8.47. The molecule has 6 rings (SSSR count). The van der Waals surface area contributed by atoms with Crippen molar-refractivity contribution in [2.45, 2.75) is 30.3 Å². The van der Waals surface area contributed by atoms with Gasteiger partial charge in [0, 0.05) is 22.5 Å². The Bertz CT molecular complexity index is 1220. The van der Waals surface area contributed by atoms with Crippen molar-refractivity contribution in [2.24, 2.45) is 0 Å². The molecule has 9 heteroatoms. The van der Waals surface area contributed by atoms with E-state index in [2.05, 4.69) is 10.6 Å². The van der Waals surface area contributed by atoms with Crippen molar-refractivity contribution in [2.75, 3.05) is 13.7 Å². The van der Waals surface area contributed by atoms with Gasteiger partial charge >= 0.3 is 0 Å². The quantitative estimate of drug-likeness (QED) is 0.561. The van der Waals surface area contributed by atoms with Crippen LogP contribution in [-0.2, 0) is 4.79 Å². The van der Waals surface area contributed by atoms with Gasteiger partial charge in [-0.05, 0) is 55.7 Å². The van der Waals surface area contributed by atoms with Crippen molar-refractivity contribution in [1.29, 1.82) is 0 Å². The Kier molecular flexibility index (Phi) is 4.78. The predicted octanol–water partition coefficient (Wildman–Crippen LogP) is 3.83. The first kappa shape index (κ1) is 20.6. The average Bonchev–Trinajstić information content (AvgIpc) is 3.15. The number of halogens is 2. The molecule has 3 saturated carbocycles. The fourth-order valence-electron chi connectivity index (χ4n) is 4.66. The van der Waals surface area contributed by atoms with Crippen LogP contribution >= 0.6 is 11.6 Å². The van der Waals surface area contributed by atoms with E-state index >= 15 is 0 Å². The van der Waals surface area contributed by atoms with Gasteiger partial charge in [-0.3, -0.25) is 9.59 Å². The maximum atomic E-state index is 13.4. The molecule has 0 aliphatic heterocycles. The third-order valence-corrected chi connectivity index (χ3v) is 6.33. The Morgan fingerprint density at radius 2 is 1.78 bits per heavy atom. The number of hydrogen-bond donors (Lipinski definition) is 2. The Morgan fingerprint density at radius 1 is 1.06 bits per heavy atom. The van der Waals surface area contributed by atoms with Gasteiger partial charge < -0.3 is 24.5 Å². The molecule has 166 valence electrons. The second kappa shape index (κ2) is 7.41. The van der Waals surface area contributed by atoms with E-state index in [-0.39, 0.29) is 46.0 Å². The topological polar surface area (TPSA) is 89.8 Å². The van der Waals surface area contributed by atoms with Gasteiger partial charge in [0.25, 0.3) is 11.8 Å². The van der Waals surface area contributed by atoms with Crippen LogP contribution in [-0.4, -0.2) is 36.6 Å². The van der Waals surface area contributed by atoms with E-state index < -0.39 is 5.82 Å². The van der Waals surface area contributed by atoms with Gasteiger partial charge in [-0.2, -0.15) is 0 Å². The lowest BCUT2D eigenvalue weighted by molar-refractivity contribution is -0.141. The fraction of sp³-hybridized carbons (Fsp3) is 0.304. The van der Waals surface area contributed by atoms with Crippen LogP contribution in [0.4, 0.5) is 4.39 Å². The number of amides is 2. The standard InChI is InChI=1S/C23H20ClFN2O5/c1-30-14-3-5-18-13(6-14)7-19(32-18)21(29)27-23-10-22(11-23,12-23)26-20(28)9-31-15-2-4-16(24)17(25)8-15/h2-8H,9-12H2,1H3,(H,26,28)(H,27,29). The summed E-state index contributed by atoms with van der Waals surface area (Å²) in [5.41, 5.74) is -0.0562. The maximum Gasteiger partial charge on any atom is 0.287 e. The van der Waals surface area contributed by atoms with E-state index in [0.29, 0.717) is 30.6 Å². The van der Waals surface area contributed by atoms with E-state index in [1.54, 1.807) is 25.3 Å². The third-order valence-electron chi connectivity index (χ3n) is 6.02. The number of ether oxygens (including phenoxy) is 2. The van der Waals surface area contributed by atoms with Crippen molar-refractivity contribution in [3.8, 4) is 11.5 Å². The summed E-state index contributed by atoms with van der Waals surface area (Å²) in [7, 11) is 1.58. The number of benzene rings is 2. The van der Waals surface area contributed by atoms with Crippen LogP contribution in [0.15, 0.2) is 46.9 Å². The lowest BCUT2D eigenvalue weighted by Gasteiger charge is -2.70. The van der Waals surface area contributed by atoms with E-state index in [1.807, 2.05) is 6.07 Å². The van der Waals surface area contributed by atoms with Gasteiger partial charge in [0.05, 0.1) is 12.1 Å². The summed E-state index contributed by atoms with van der Waals surface area (Å²) in [6.07, 6.45) is 1.92. The van der Waals surface area contributed by atoms with E-state index in [0.717, 1.165) is 11.5 Å². The molecule has 32 heavy (non-hydrogen) atoms. The third kappa shape index (κ3) is 3.64. The van der Waals surface area contributed by atoms with Crippen molar-refractivity contribution in [3.63, 3.8) is 0 Å². The highest BCUT2D eigenvalue weighted by Gasteiger charge is 2.69. The molecule has 0 saturated heterocycles. The number of rotatable bonds is 7. The summed E-state index contributed by atoms with van der Waals surface area (Å²) >= 11 is 5.63. The summed E-state index contributed by atoms with van der Waals surface area (Å²) in [5.74, 6) is -0.0385. The Hall–Kier alpha value is -3.26. The molecule has 3 aromatic rings. The normalized spacial score (nSPS) is 23.1. The summed E-state index contributed by atoms with van der Waals surface area (Å²) in [6.45, 7) is -0.232. The molecule has 1 heterocycles. The zero-order valence-corrected chi connectivity index (χ0v) is 17.9. The minimum Gasteiger partial charge on any atom is -0.497 e. The lowest BCUT2D eigenvalue weighted by Crippen LogP contribution is -2.84. The number of nitrogens with one attached hydrogen (secondary N) is 2. The first-order valence-electron chi connectivity index (χ1n) is 10.1. The molecular weight excluding hydrogens is 439 g/mol. The highest BCUT2D eigenvalue weighted by atomic mass is 35.5. The Balaban J connectivity index is 1.12. The van der Waals surface area contributed by atoms with Gasteiger partial charge in [0.15, 0.2) is 12.4 Å². The van der Waals surface area contributed by atoms with Gasteiger partial charge in [0.2, 0.25) is 0 Å². The molecule has 7 nitrogen and oxygen atoms in total. The first-order valence-corrected chi connectivity index (χ1v) is 10.5. The molecule has 0 atom stereocenters. The molecule has 0 unspecified atom stereocenters. The maximum absolute atomic E-state index is 13.4. The number of carbonyl (C=O) groups is 2. The van der Waals surface area contributed by atoms with E-state index in [4.69, 9.17) is 25.5 Å². The molecule has 3 aliphatic rings. The number of carbonyl (C=O) groups excluding carboxylic acids is 2. The SMILES string of the molecule is COc1ccc2oc(C(=O)NC34CC(NC(=O)COc5ccc(Cl)c(F)c5)(C3)C4)cc2c1. The molecule has 2 aromatic carbocycles. The van der Waals surface area contributed by atoms with Crippen LogP contribution in [0, 0.1) is 5.82 Å². The minimum atomic E-state index is -0.606. The van der Waals surface area contributed by atoms with Crippen molar-refractivity contribution >= 4 is 34.4 Å². The predicted molar refractivity (Wildman–Crippen MR) is 115 cm³/mol. The van der Waals surface area contributed by atoms with Crippen LogP contribution in [0.1, 0.15) is 29.8 Å². The van der Waals surface area contributed by atoms with Gasteiger partial charge in [-0.15, -0.1) is 0 Å². The second-order valence-corrected chi connectivity index (χ2v) is 8.88. The molecule has 2 bridgehead atoms. The van der Waals surface area contributed by atoms with Crippen LogP contribution in [0.3, 0.4) is 0 Å². The van der Waals surface area contributed by atoms with Crippen molar-refractivity contribution in [1.82, 2.24) is 10.6 Å². The lowest BCUT2D eigenvalue weighted by atomic mass is 9.44. The van der Waals surface area contributed by atoms with Gasteiger partial charge in [-0.1, -0.05) is 11.6 Å². The zero-order chi connectivity index (χ0) is 22.5. The fourth-order valence-corrected chi connectivity index (χ4v) is 4.78. The summed E-state index contributed by atoms with van der Waals surface area (Å²) in [6, 6.07) is 11.0. The molecule has 3 aliphatic carbocycles. The van der Waals surface area contributed by atoms with Crippen molar-refractivity contribution < 1.29 is 27.9 Å². The molecule has 2 N–H and O–H groups in total. The molecule has 2 amide bonds. The highest BCUT2D eigenvalue weighted by Crippen LogP contribution is 2.60. The molecule has 0 spiro atoms. The molecule has 0 radical (unpaired) electrons.